The van der Waals surface area contributed by atoms with Crippen molar-refractivity contribution in [3.05, 3.63) is 58.6 Å². The van der Waals surface area contributed by atoms with E-state index in [0.717, 1.165) is 15.7 Å². The normalized spacial score (nSPS) is 11.4. The van der Waals surface area contributed by atoms with Gasteiger partial charge in [0.15, 0.2) is 0 Å². The number of rotatable bonds is 4. The van der Waals surface area contributed by atoms with Gasteiger partial charge in [0.2, 0.25) is 0 Å². The van der Waals surface area contributed by atoms with Crippen molar-refractivity contribution in [2.45, 2.75) is 6.04 Å². The van der Waals surface area contributed by atoms with E-state index in [1.807, 2.05) is 48.5 Å². The van der Waals surface area contributed by atoms with E-state index >= 15 is 0 Å². The Balaban J connectivity index is 2.32. The number of methoxy groups -OCH3 is 1. The van der Waals surface area contributed by atoms with Gasteiger partial charge in [0.25, 0.3) is 0 Å². The van der Waals surface area contributed by atoms with Gasteiger partial charge in [-0.05, 0) is 30.3 Å². The standard InChI is InChI=1S/C15H13BrN2O/c1-19-15-8-7-11(16)9-13(15)14(10-17)18-12-5-3-2-4-6-12/h2-9,14,18H,1H3. The lowest BCUT2D eigenvalue weighted by Gasteiger charge is -2.16. The topological polar surface area (TPSA) is 45.0 Å². The summed E-state index contributed by atoms with van der Waals surface area (Å²) in [6.07, 6.45) is 0. The van der Waals surface area contributed by atoms with Gasteiger partial charge in [-0.25, -0.2) is 0 Å². The number of hydrogen-bond donors (Lipinski definition) is 1. The highest BCUT2D eigenvalue weighted by Gasteiger charge is 2.15. The van der Waals surface area contributed by atoms with Gasteiger partial charge < -0.3 is 10.1 Å². The number of nitriles is 1. The van der Waals surface area contributed by atoms with Crippen molar-refractivity contribution in [1.82, 2.24) is 0 Å². The molecule has 0 amide bonds. The van der Waals surface area contributed by atoms with Crippen LogP contribution >= 0.6 is 15.9 Å². The quantitative estimate of drug-likeness (QED) is 0.922. The molecule has 0 aromatic heterocycles. The van der Waals surface area contributed by atoms with Crippen molar-refractivity contribution in [3.8, 4) is 11.8 Å². The fraction of sp³-hybridized carbons (Fsp3) is 0.133. The summed E-state index contributed by atoms with van der Waals surface area (Å²) in [5.74, 6) is 0.693. The SMILES string of the molecule is COc1ccc(Br)cc1C(C#N)Nc1ccccc1. The van der Waals surface area contributed by atoms with Crippen LogP contribution in [0.1, 0.15) is 11.6 Å². The van der Waals surface area contributed by atoms with Gasteiger partial charge in [0.05, 0.1) is 13.2 Å². The van der Waals surface area contributed by atoms with Gasteiger partial charge in [-0.15, -0.1) is 0 Å². The number of halogens is 1. The predicted octanol–water partition coefficient (Wildman–Crippen LogP) is 4.13. The Morgan fingerprint density at radius 3 is 2.58 bits per heavy atom. The number of hydrogen-bond acceptors (Lipinski definition) is 3. The molecular formula is C15H13BrN2O. The van der Waals surface area contributed by atoms with Crippen LogP contribution in [0.3, 0.4) is 0 Å². The number of nitrogens with zero attached hydrogens (tertiary/aromatic N) is 1. The average Bonchev–Trinajstić information content (AvgIpc) is 2.46. The van der Waals surface area contributed by atoms with Crippen molar-refractivity contribution >= 4 is 21.6 Å². The van der Waals surface area contributed by atoms with E-state index < -0.39 is 6.04 Å². The Morgan fingerprint density at radius 1 is 1.21 bits per heavy atom. The van der Waals surface area contributed by atoms with E-state index in [-0.39, 0.29) is 0 Å². The van der Waals surface area contributed by atoms with Gasteiger partial charge in [-0.1, -0.05) is 34.1 Å². The van der Waals surface area contributed by atoms with Gasteiger partial charge in [0, 0.05) is 15.7 Å². The van der Waals surface area contributed by atoms with Crippen LogP contribution in [-0.4, -0.2) is 7.11 Å². The molecule has 0 saturated heterocycles. The van der Waals surface area contributed by atoms with Gasteiger partial charge in [0.1, 0.15) is 11.8 Å². The molecule has 19 heavy (non-hydrogen) atoms. The lowest BCUT2D eigenvalue weighted by Crippen LogP contribution is -2.09. The maximum Gasteiger partial charge on any atom is 0.143 e. The lowest BCUT2D eigenvalue weighted by atomic mass is 10.1. The van der Waals surface area contributed by atoms with Crippen molar-refractivity contribution in [2.75, 3.05) is 12.4 Å². The third-order valence-electron chi connectivity index (χ3n) is 2.72. The first-order valence-electron chi connectivity index (χ1n) is 5.79. The molecule has 0 saturated carbocycles. The molecule has 0 bridgehead atoms. The summed E-state index contributed by atoms with van der Waals surface area (Å²) in [7, 11) is 1.60. The van der Waals surface area contributed by atoms with Crippen molar-refractivity contribution in [3.63, 3.8) is 0 Å². The van der Waals surface area contributed by atoms with E-state index in [4.69, 9.17) is 4.74 Å². The first-order valence-corrected chi connectivity index (χ1v) is 6.58. The molecule has 0 heterocycles. The maximum atomic E-state index is 9.37. The number of benzene rings is 2. The Morgan fingerprint density at radius 2 is 1.95 bits per heavy atom. The second-order valence-electron chi connectivity index (χ2n) is 3.96. The smallest absolute Gasteiger partial charge is 0.143 e. The average molecular weight is 317 g/mol. The minimum Gasteiger partial charge on any atom is -0.496 e. The van der Waals surface area contributed by atoms with E-state index in [9.17, 15) is 5.26 Å². The predicted molar refractivity (Wildman–Crippen MR) is 79.1 cm³/mol. The number of para-hydroxylation sites is 1. The zero-order chi connectivity index (χ0) is 13.7. The number of anilines is 1. The lowest BCUT2D eigenvalue weighted by molar-refractivity contribution is 0.409. The Kier molecular flexibility index (Phi) is 4.43. The molecular weight excluding hydrogens is 304 g/mol. The van der Waals surface area contributed by atoms with Crippen LogP contribution in [0.4, 0.5) is 5.69 Å². The molecule has 2 aromatic rings. The Labute approximate surface area is 121 Å². The van der Waals surface area contributed by atoms with E-state index in [1.54, 1.807) is 7.11 Å². The first-order chi connectivity index (χ1) is 9.24. The molecule has 0 fully saturated rings. The van der Waals surface area contributed by atoms with E-state index in [1.165, 1.54) is 0 Å². The van der Waals surface area contributed by atoms with Crippen molar-refractivity contribution < 1.29 is 4.74 Å². The van der Waals surface area contributed by atoms with Crippen LogP contribution in [0.5, 0.6) is 5.75 Å². The molecule has 0 aliphatic heterocycles. The van der Waals surface area contributed by atoms with Crippen LogP contribution in [0, 0.1) is 11.3 Å². The van der Waals surface area contributed by atoms with Gasteiger partial charge >= 0.3 is 0 Å². The fourth-order valence-corrected chi connectivity index (χ4v) is 2.19. The molecule has 3 nitrogen and oxygen atoms in total. The summed E-state index contributed by atoms with van der Waals surface area (Å²) >= 11 is 3.42. The van der Waals surface area contributed by atoms with Crippen LogP contribution in [-0.2, 0) is 0 Å². The van der Waals surface area contributed by atoms with Gasteiger partial charge in [-0.2, -0.15) is 5.26 Å². The minimum absolute atomic E-state index is 0.463. The van der Waals surface area contributed by atoms with Crippen LogP contribution in [0.15, 0.2) is 53.0 Å². The number of nitrogens with one attached hydrogen (secondary N) is 1. The second-order valence-corrected chi connectivity index (χ2v) is 4.87. The second kappa shape index (κ2) is 6.26. The van der Waals surface area contributed by atoms with Crippen molar-refractivity contribution in [2.24, 2.45) is 0 Å². The summed E-state index contributed by atoms with van der Waals surface area (Å²) in [5.41, 5.74) is 1.71. The molecule has 4 heteroatoms. The minimum atomic E-state index is -0.463. The highest BCUT2D eigenvalue weighted by molar-refractivity contribution is 9.10. The fourth-order valence-electron chi connectivity index (χ4n) is 1.81. The third kappa shape index (κ3) is 3.27. The Hall–Kier alpha value is -1.99. The van der Waals surface area contributed by atoms with Crippen LogP contribution < -0.4 is 10.1 Å². The molecule has 0 spiro atoms. The number of ether oxygens (including phenoxy) is 1. The molecule has 0 radical (unpaired) electrons. The molecule has 1 unspecified atom stereocenters. The molecule has 0 aliphatic carbocycles. The van der Waals surface area contributed by atoms with Gasteiger partial charge in [-0.3, -0.25) is 0 Å². The molecule has 1 atom stereocenters. The summed E-state index contributed by atoms with van der Waals surface area (Å²) in [4.78, 5) is 0. The summed E-state index contributed by atoms with van der Waals surface area (Å²) in [6.45, 7) is 0. The van der Waals surface area contributed by atoms with Crippen LogP contribution in [0.2, 0.25) is 0 Å². The summed E-state index contributed by atoms with van der Waals surface area (Å²) in [6, 6.07) is 17.1. The highest BCUT2D eigenvalue weighted by atomic mass is 79.9. The summed E-state index contributed by atoms with van der Waals surface area (Å²) in [5, 5.41) is 12.6. The van der Waals surface area contributed by atoms with E-state index in [2.05, 4.69) is 27.3 Å². The third-order valence-corrected chi connectivity index (χ3v) is 3.21. The maximum absolute atomic E-state index is 9.37. The molecule has 2 rings (SSSR count). The molecule has 0 aliphatic rings. The molecule has 96 valence electrons. The molecule has 2 aromatic carbocycles. The monoisotopic (exact) mass is 316 g/mol. The largest absolute Gasteiger partial charge is 0.496 e. The first kappa shape index (κ1) is 13.4. The highest BCUT2D eigenvalue weighted by Crippen LogP contribution is 2.30. The van der Waals surface area contributed by atoms with Crippen molar-refractivity contribution in [1.29, 1.82) is 5.26 Å². The zero-order valence-electron chi connectivity index (χ0n) is 10.4. The molecule has 1 N–H and O–H groups in total. The Bertz CT molecular complexity index is 593. The summed E-state index contributed by atoms with van der Waals surface area (Å²) < 4.78 is 6.22. The van der Waals surface area contributed by atoms with Crippen LogP contribution in [0.25, 0.3) is 0 Å². The van der Waals surface area contributed by atoms with E-state index in [0.29, 0.717) is 5.75 Å². The zero-order valence-corrected chi connectivity index (χ0v) is 12.0.